The molecule has 4 heteroatoms. The number of rotatable bonds is 3. The fourth-order valence-electron chi connectivity index (χ4n) is 2.33. The molecule has 1 fully saturated rings. The van der Waals surface area contributed by atoms with Gasteiger partial charge in [0.2, 0.25) is 0 Å². The lowest BCUT2D eigenvalue weighted by molar-refractivity contribution is -0.145. The Labute approximate surface area is 94.6 Å². The molecule has 1 saturated carbocycles. The molecule has 1 heterocycles. The van der Waals surface area contributed by atoms with Gasteiger partial charge in [-0.25, -0.2) is 4.79 Å². The van der Waals surface area contributed by atoms with E-state index in [1.165, 1.54) is 0 Å². The van der Waals surface area contributed by atoms with E-state index in [1.54, 1.807) is 6.92 Å². The van der Waals surface area contributed by atoms with E-state index in [9.17, 15) is 9.59 Å². The largest absolute Gasteiger partial charge is 0.466 e. The molecule has 0 spiro atoms. The van der Waals surface area contributed by atoms with Gasteiger partial charge in [0, 0.05) is 0 Å². The normalized spacial score (nSPS) is 24.1. The van der Waals surface area contributed by atoms with Gasteiger partial charge in [-0.1, -0.05) is 0 Å². The second-order valence-electron chi connectivity index (χ2n) is 4.13. The van der Waals surface area contributed by atoms with Crippen molar-refractivity contribution in [3.63, 3.8) is 0 Å². The Kier molecular flexibility index (Phi) is 3.27. The predicted octanol–water partition coefficient (Wildman–Crippen LogP) is 1.74. The Morgan fingerprint density at radius 1 is 1.50 bits per heavy atom. The predicted molar refractivity (Wildman–Crippen MR) is 56.6 cm³/mol. The van der Waals surface area contributed by atoms with Crippen molar-refractivity contribution in [1.29, 1.82) is 0 Å². The lowest BCUT2D eigenvalue weighted by atomic mass is 9.89. The van der Waals surface area contributed by atoms with Crippen LogP contribution >= 0.6 is 0 Å². The monoisotopic (exact) mass is 224 g/mol. The Morgan fingerprint density at radius 2 is 2.31 bits per heavy atom. The van der Waals surface area contributed by atoms with Crippen molar-refractivity contribution in [1.82, 2.24) is 0 Å². The van der Waals surface area contributed by atoms with Crippen molar-refractivity contribution in [2.75, 3.05) is 6.61 Å². The van der Waals surface area contributed by atoms with E-state index in [4.69, 9.17) is 9.47 Å². The topological polar surface area (TPSA) is 52.6 Å². The van der Waals surface area contributed by atoms with Crippen LogP contribution < -0.4 is 0 Å². The molecule has 0 amide bonds. The summed E-state index contributed by atoms with van der Waals surface area (Å²) in [5.41, 5.74) is 1.58. The van der Waals surface area contributed by atoms with Crippen molar-refractivity contribution < 1.29 is 19.1 Å². The first-order valence-corrected chi connectivity index (χ1v) is 5.81. The zero-order valence-electron chi connectivity index (χ0n) is 9.45. The van der Waals surface area contributed by atoms with E-state index in [0.717, 1.165) is 31.3 Å². The lowest BCUT2D eigenvalue weighted by Gasteiger charge is -2.19. The molecule has 0 saturated heterocycles. The molecule has 2 aliphatic rings. The highest BCUT2D eigenvalue weighted by Crippen LogP contribution is 2.35. The van der Waals surface area contributed by atoms with Crippen LogP contribution in [0.2, 0.25) is 0 Å². The van der Waals surface area contributed by atoms with E-state index >= 15 is 0 Å². The van der Waals surface area contributed by atoms with Gasteiger partial charge in [0.05, 0.1) is 18.6 Å². The molecule has 16 heavy (non-hydrogen) atoms. The first-order valence-electron chi connectivity index (χ1n) is 5.81. The fourth-order valence-corrected chi connectivity index (χ4v) is 2.33. The van der Waals surface area contributed by atoms with Crippen LogP contribution in [-0.2, 0) is 19.1 Å². The molecule has 1 aliphatic heterocycles. The average molecular weight is 224 g/mol. The van der Waals surface area contributed by atoms with Crippen LogP contribution in [0.15, 0.2) is 11.1 Å². The number of hydrogen-bond acceptors (Lipinski definition) is 4. The summed E-state index contributed by atoms with van der Waals surface area (Å²) < 4.78 is 10.1. The second-order valence-corrected chi connectivity index (χ2v) is 4.13. The average Bonchev–Trinajstić information content (AvgIpc) is 2.56. The third kappa shape index (κ3) is 2.10. The number of fused-ring (bicyclic) bond motifs is 1. The highest BCUT2D eigenvalue weighted by molar-refractivity contribution is 5.97. The van der Waals surface area contributed by atoms with Crippen molar-refractivity contribution in [2.45, 2.75) is 45.1 Å². The summed E-state index contributed by atoms with van der Waals surface area (Å²) in [6, 6.07) is 0. The van der Waals surface area contributed by atoms with Gasteiger partial charge in [-0.3, -0.25) is 4.79 Å². The SMILES string of the molecule is CCOC(=O)CC1=C2CCCCC2OC1=O. The third-order valence-electron chi connectivity index (χ3n) is 3.06. The highest BCUT2D eigenvalue weighted by atomic mass is 16.6. The molecule has 0 aromatic rings. The van der Waals surface area contributed by atoms with Gasteiger partial charge in [-0.2, -0.15) is 0 Å². The molecular formula is C12H16O4. The summed E-state index contributed by atoms with van der Waals surface area (Å²) in [4.78, 5) is 22.9. The van der Waals surface area contributed by atoms with Gasteiger partial charge in [0.15, 0.2) is 0 Å². The lowest BCUT2D eigenvalue weighted by Crippen LogP contribution is -2.15. The number of carbonyl (C=O) groups is 2. The minimum Gasteiger partial charge on any atom is -0.466 e. The van der Waals surface area contributed by atoms with Crippen LogP contribution in [0.1, 0.15) is 39.0 Å². The molecule has 0 N–H and O–H groups in total. The summed E-state index contributed by atoms with van der Waals surface area (Å²) in [5, 5.41) is 0. The minimum absolute atomic E-state index is 0.0642. The van der Waals surface area contributed by atoms with Crippen molar-refractivity contribution >= 4 is 11.9 Å². The molecular weight excluding hydrogens is 208 g/mol. The van der Waals surface area contributed by atoms with Crippen LogP contribution in [0.5, 0.6) is 0 Å². The zero-order valence-corrected chi connectivity index (χ0v) is 9.45. The van der Waals surface area contributed by atoms with E-state index in [2.05, 4.69) is 0 Å². The first-order chi connectivity index (χ1) is 7.72. The molecule has 0 bridgehead atoms. The van der Waals surface area contributed by atoms with Crippen molar-refractivity contribution in [3.8, 4) is 0 Å². The Balaban J connectivity index is 2.10. The number of carbonyl (C=O) groups excluding carboxylic acids is 2. The first kappa shape index (κ1) is 11.2. The van der Waals surface area contributed by atoms with Gasteiger partial charge in [-0.15, -0.1) is 0 Å². The maximum absolute atomic E-state index is 11.6. The minimum atomic E-state index is -0.340. The van der Waals surface area contributed by atoms with Crippen LogP contribution in [0, 0.1) is 0 Å². The van der Waals surface area contributed by atoms with E-state index in [-0.39, 0.29) is 24.5 Å². The van der Waals surface area contributed by atoms with E-state index < -0.39 is 0 Å². The molecule has 4 nitrogen and oxygen atoms in total. The molecule has 0 aromatic heterocycles. The van der Waals surface area contributed by atoms with E-state index in [1.807, 2.05) is 0 Å². The van der Waals surface area contributed by atoms with Crippen LogP contribution in [0.25, 0.3) is 0 Å². The maximum Gasteiger partial charge on any atom is 0.335 e. The molecule has 0 aromatic carbocycles. The van der Waals surface area contributed by atoms with E-state index in [0.29, 0.717) is 12.2 Å². The molecule has 1 atom stereocenters. The summed E-state index contributed by atoms with van der Waals surface area (Å²) in [6.07, 6.45) is 3.95. The van der Waals surface area contributed by atoms with Gasteiger partial charge in [-0.05, 0) is 38.2 Å². The summed E-state index contributed by atoms with van der Waals surface area (Å²) >= 11 is 0. The van der Waals surface area contributed by atoms with Gasteiger partial charge in [0.25, 0.3) is 0 Å². The smallest absolute Gasteiger partial charge is 0.335 e. The van der Waals surface area contributed by atoms with Crippen molar-refractivity contribution in [3.05, 3.63) is 11.1 Å². The second kappa shape index (κ2) is 4.68. The third-order valence-corrected chi connectivity index (χ3v) is 3.06. The van der Waals surface area contributed by atoms with Gasteiger partial charge < -0.3 is 9.47 Å². The standard InChI is InChI=1S/C12H16O4/c1-2-15-11(13)7-9-8-5-3-4-6-10(8)16-12(9)14/h10H,2-7H2,1H3. The highest BCUT2D eigenvalue weighted by Gasteiger charge is 2.36. The quantitative estimate of drug-likeness (QED) is 0.685. The zero-order chi connectivity index (χ0) is 11.5. The number of ether oxygens (including phenoxy) is 2. The molecule has 88 valence electrons. The summed E-state index contributed by atoms with van der Waals surface area (Å²) in [6.45, 7) is 2.10. The van der Waals surface area contributed by atoms with Crippen LogP contribution in [0.3, 0.4) is 0 Å². The Hall–Kier alpha value is -1.32. The summed E-state index contributed by atoms with van der Waals surface area (Å²) in [7, 11) is 0. The maximum atomic E-state index is 11.6. The summed E-state index contributed by atoms with van der Waals surface area (Å²) in [5.74, 6) is -0.664. The van der Waals surface area contributed by atoms with Gasteiger partial charge in [0.1, 0.15) is 6.10 Å². The Bertz CT molecular complexity index is 343. The fraction of sp³-hybridized carbons (Fsp3) is 0.667. The molecule has 1 aliphatic carbocycles. The van der Waals surface area contributed by atoms with Crippen LogP contribution in [0.4, 0.5) is 0 Å². The van der Waals surface area contributed by atoms with Crippen LogP contribution in [-0.4, -0.2) is 24.6 Å². The molecule has 2 rings (SSSR count). The molecule has 1 unspecified atom stereocenters. The van der Waals surface area contributed by atoms with Gasteiger partial charge >= 0.3 is 11.9 Å². The number of hydrogen-bond donors (Lipinski definition) is 0. The Morgan fingerprint density at radius 3 is 3.06 bits per heavy atom. The number of esters is 2. The molecule has 0 radical (unpaired) electrons. The van der Waals surface area contributed by atoms with Crippen molar-refractivity contribution in [2.24, 2.45) is 0 Å².